The number of pyridine rings is 1. The molecule has 0 spiro atoms. The Bertz CT molecular complexity index is 929. The fraction of sp³-hybridized carbons (Fsp3) is 0.300. The molecule has 3 amide bonds. The molecular formula is C20H19F3N4O3. The molecule has 10 heteroatoms. The average molecular weight is 420 g/mol. The number of imide groups is 1. The standard InChI is InChI=1S/C20H19F3N4O3/c21-20(22,23)15-2-1-9-24-18(15)25-10-11-26-19(30)14-5-3-13(4-6-14)12-27-16(28)7-8-17(27)29/h1-6,9H,7-8,10-12H2,(H,24,25)(H,26,30). The van der Waals surface area contributed by atoms with Gasteiger partial charge in [-0.3, -0.25) is 19.3 Å². The van der Waals surface area contributed by atoms with Gasteiger partial charge >= 0.3 is 6.18 Å². The van der Waals surface area contributed by atoms with Crippen LogP contribution in [-0.4, -0.2) is 40.7 Å². The first-order valence-corrected chi connectivity index (χ1v) is 9.22. The molecule has 0 atom stereocenters. The molecule has 1 aliphatic heterocycles. The topological polar surface area (TPSA) is 91.4 Å². The maximum Gasteiger partial charge on any atom is 0.419 e. The van der Waals surface area contributed by atoms with Crippen LogP contribution in [0, 0.1) is 0 Å². The van der Waals surface area contributed by atoms with E-state index in [0.717, 1.165) is 6.07 Å². The van der Waals surface area contributed by atoms with Crippen LogP contribution in [-0.2, 0) is 22.3 Å². The van der Waals surface area contributed by atoms with Crippen LogP contribution in [0.3, 0.4) is 0 Å². The molecule has 0 saturated carbocycles. The van der Waals surface area contributed by atoms with Gasteiger partial charge in [0.05, 0.1) is 12.1 Å². The number of carbonyl (C=O) groups is 3. The molecule has 1 aromatic carbocycles. The number of carbonyl (C=O) groups excluding carboxylic acids is 3. The van der Waals surface area contributed by atoms with E-state index in [1.54, 1.807) is 24.3 Å². The number of amides is 3. The van der Waals surface area contributed by atoms with Gasteiger partial charge in [-0.15, -0.1) is 0 Å². The summed E-state index contributed by atoms with van der Waals surface area (Å²) in [5.74, 6) is -1.12. The van der Waals surface area contributed by atoms with Crippen molar-refractivity contribution < 1.29 is 27.6 Å². The summed E-state index contributed by atoms with van der Waals surface area (Å²) >= 11 is 0. The third kappa shape index (κ3) is 5.13. The van der Waals surface area contributed by atoms with Crippen molar-refractivity contribution in [3.63, 3.8) is 0 Å². The minimum atomic E-state index is -4.52. The number of alkyl halides is 3. The number of nitrogens with one attached hydrogen (secondary N) is 2. The Balaban J connectivity index is 1.49. The molecule has 3 rings (SSSR count). The zero-order valence-corrected chi connectivity index (χ0v) is 15.8. The van der Waals surface area contributed by atoms with E-state index in [-0.39, 0.29) is 50.1 Å². The highest BCUT2D eigenvalue weighted by molar-refractivity contribution is 6.01. The van der Waals surface area contributed by atoms with Gasteiger partial charge < -0.3 is 10.6 Å². The second kappa shape index (κ2) is 8.93. The van der Waals surface area contributed by atoms with E-state index in [1.165, 1.54) is 17.2 Å². The van der Waals surface area contributed by atoms with Gasteiger partial charge in [-0.05, 0) is 29.8 Å². The summed E-state index contributed by atoms with van der Waals surface area (Å²) in [5.41, 5.74) is 0.195. The van der Waals surface area contributed by atoms with E-state index < -0.39 is 17.6 Å². The molecule has 1 aliphatic rings. The monoisotopic (exact) mass is 420 g/mol. The Morgan fingerprint density at radius 2 is 1.70 bits per heavy atom. The van der Waals surface area contributed by atoms with Crippen LogP contribution in [0.2, 0.25) is 0 Å². The van der Waals surface area contributed by atoms with Crippen molar-refractivity contribution in [1.82, 2.24) is 15.2 Å². The van der Waals surface area contributed by atoms with E-state index in [4.69, 9.17) is 0 Å². The summed E-state index contributed by atoms with van der Waals surface area (Å²) in [6, 6.07) is 8.55. The summed E-state index contributed by atoms with van der Waals surface area (Å²) in [6.07, 6.45) is -2.83. The fourth-order valence-electron chi connectivity index (χ4n) is 2.98. The average Bonchev–Trinajstić information content (AvgIpc) is 3.03. The Labute approximate surface area is 170 Å². The van der Waals surface area contributed by atoms with E-state index >= 15 is 0 Å². The highest BCUT2D eigenvalue weighted by Crippen LogP contribution is 2.33. The largest absolute Gasteiger partial charge is 0.419 e. The molecule has 2 N–H and O–H groups in total. The van der Waals surface area contributed by atoms with Crippen LogP contribution in [0.1, 0.15) is 34.3 Å². The van der Waals surface area contributed by atoms with E-state index in [2.05, 4.69) is 15.6 Å². The third-order valence-corrected chi connectivity index (χ3v) is 4.53. The highest BCUT2D eigenvalue weighted by atomic mass is 19.4. The molecule has 2 heterocycles. The van der Waals surface area contributed by atoms with Crippen LogP contribution >= 0.6 is 0 Å². The van der Waals surface area contributed by atoms with Gasteiger partial charge in [0, 0.05) is 37.7 Å². The fourth-order valence-corrected chi connectivity index (χ4v) is 2.98. The maximum absolute atomic E-state index is 12.9. The lowest BCUT2D eigenvalue weighted by Gasteiger charge is -2.14. The molecule has 1 saturated heterocycles. The Morgan fingerprint density at radius 3 is 2.33 bits per heavy atom. The van der Waals surface area contributed by atoms with E-state index in [9.17, 15) is 27.6 Å². The van der Waals surface area contributed by atoms with Gasteiger partial charge in [0.25, 0.3) is 5.91 Å². The van der Waals surface area contributed by atoms with Gasteiger partial charge in [0.2, 0.25) is 11.8 Å². The van der Waals surface area contributed by atoms with E-state index in [1.807, 2.05) is 0 Å². The molecular weight excluding hydrogens is 401 g/mol. The van der Waals surface area contributed by atoms with Crippen LogP contribution in [0.4, 0.5) is 19.0 Å². The normalized spacial score (nSPS) is 14.2. The van der Waals surface area contributed by atoms with Crippen molar-refractivity contribution in [1.29, 1.82) is 0 Å². The number of hydrogen-bond donors (Lipinski definition) is 2. The lowest BCUT2D eigenvalue weighted by molar-refractivity contribution is -0.139. The number of hydrogen-bond acceptors (Lipinski definition) is 5. The molecule has 1 fully saturated rings. The number of benzene rings is 1. The summed E-state index contributed by atoms with van der Waals surface area (Å²) in [5, 5.41) is 5.17. The zero-order valence-electron chi connectivity index (χ0n) is 15.8. The number of aromatic nitrogens is 1. The minimum Gasteiger partial charge on any atom is -0.368 e. The van der Waals surface area contributed by atoms with Crippen molar-refractivity contribution in [3.05, 3.63) is 59.3 Å². The molecule has 0 unspecified atom stereocenters. The molecule has 0 aliphatic carbocycles. The quantitative estimate of drug-likeness (QED) is 0.531. The lowest BCUT2D eigenvalue weighted by Crippen LogP contribution is -2.29. The molecule has 0 radical (unpaired) electrons. The van der Waals surface area contributed by atoms with E-state index in [0.29, 0.717) is 11.1 Å². The zero-order chi connectivity index (χ0) is 21.7. The molecule has 2 aromatic rings. The van der Waals surface area contributed by atoms with Gasteiger partial charge in [-0.1, -0.05) is 12.1 Å². The van der Waals surface area contributed by atoms with Crippen LogP contribution in [0.25, 0.3) is 0 Å². The van der Waals surface area contributed by atoms with Gasteiger partial charge in [0.1, 0.15) is 5.82 Å². The van der Waals surface area contributed by atoms with Crippen molar-refractivity contribution in [2.24, 2.45) is 0 Å². The Kier molecular flexibility index (Phi) is 6.34. The smallest absolute Gasteiger partial charge is 0.368 e. The number of likely N-dealkylation sites (tertiary alicyclic amines) is 1. The lowest BCUT2D eigenvalue weighted by atomic mass is 10.1. The number of nitrogens with zero attached hydrogens (tertiary/aromatic N) is 2. The molecule has 158 valence electrons. The number of halogens is 3. The van der Waals surface area contributed by atoms with Crippen LogP contribution in [0.5, 0.6) is 0 Å². The second-order valence-corrected chi connectivity index (χ2v) is 6.65. The van der Waals surface area contributed by atoms with Gasteiger partial charge in [0.15, 0.2) is 0 Å². The van der Waals surface area contributed by atoms with Crippen molar-refractivity contribution in [2.45, 2.75) is 25.6 Å². The molecule has 0 bridgehead atoms. The SMILES string of the molecule is O=C(NCCNc1ncccc1C(F)(F)F)c1ccc(CN2C(=O)CCC2=O)cc1. The van der Waals surface area contributed by atoms with Gasteiger partial charge in [-0.2, -0.15) is 13.2 Å². The number of rotatable bonds is 7. The van der Waals surface area contributed by atoms with Gasteiger partial charge in [-0.25, -0.2) is 4.98 Å². The second-order valence-electron chi connectivity index (χ2n) is 6.65. The van der Waals surface area contributed by atoms with Crippen molar-refractivity contribution in [2.75, 3.05) is 18.4 Å². The number of anilines is 1. The molecule has 30 heavy (non-hydrogen) atoms. The first-order chi connectivity index (χ1) is 14.3. The van der Waals surface area contributed by atoms with Crippen molar-refractivity contribution >= 4 is 23.5 Å². The highest BCUT2D eigenvalue weighted by Gasteiger charge is 2.34. The minimum absolute atomic E-state index is 0.0586. The summed E-state index contributed by atoms with van der Waals surface area (Å²) in [4.78, 5) is 40.4. The predicted octanol–water partition coefficient (Wildman–Crippen LogP) is 2.59. The Morgan fingerprint density at radius 1 is 1.03 bits per heavy atom. The third-order valence-electron chi connectivity index (χ3n) is 4.53. The summed E-state index contributed by atoms with van der Waals surface area (Å²) in [6.45, 7) is 0.309. The van der Waals surface area contributed by atoms with Crippen LogP contribution in [0.15, 0.2) is 42.6 Å². The maximum atomic E-state index is 12.9. The Hall–Kier alpha value is -3.43. The molecule has 7 nitrogen and oxygen atoms in total. The summed E-state index contributed by atoms with van der Waals surface area (Å²) in [7, 11) is 0. The first kappa shape index (κ1) is 21.3. The molecule has 1 aromatic heterocycles. The first-order valence-electron chi connectivity index (χ1n) is 9.22. The summed E-state index contributed by atoms with van der Waals surface area (Å²) < 4.78 is 38.8. The predicted molar refractivity (Wildman–Crippen MR) is 101 cm³/mol. The van der Waals surface area contributed by atoms with Crippen molar-refractivity contribution in [3.8, 4) is 0 Å². The van der Waals surface area contributed by atoms with Crippen LogP contribution < -0.4 is 10.6 Å².